The number of rotatable bonds is 4. The van der Waals surface area contributed by atoms with Crippen molar-refractivity contribution >= 4 is 29.1 Å². The van der Waals surface area contributed by atoms with Crippen LogP contribution in [0, 0.1) is 6.92 Å². The number of allylic oxidation sites excluding steroid dienone is 1. The monoisotopic (exact) mass is 500 g/mol. The number of carbonyl (C=O) groups is 2. The van der Waals surface area contributed by atoms with Crippen molar-refractivity contribution in [2.75, 3.05) is 10.2 Å². The van der Waals surface area contributed by atoms with Crippen molar-refractivity contribution in [1.82, 2.24) is 0 Å². The summed E-state index contributed by atoms with van der Waals surface area (Å²) in [7, 11) is 0. The summed E-state index contributed by atoms with van der Waals surface area (Å²) in [5.74, 6) is 0.397. The SMILES string of the molecule is Cc1ccc([C@@H]2CC(=O)C3=C(C2)Nc2ccccc2N(C(=O)/C=C/c2ccccc2)[C@H]3c2ccco2)cc1. The lowest BCUT2D eigenvalue weighted by Crippen LogP contribution is -2.37. The maximum absolute atomic E-state index is 13.9. The molecule has 0 saturated carbocycles. The number of ketones is 1. The van der Waals surface area contributed by atoms with E-state index in [-0.39, 0.29) is 17.6 Å². The van der Waals surface area contributed by atoms with Crippen molar-refractivity contribution in [1.29, 1.82) is 0 Å². The fraction of sp³-hybridized carbons (Fsp3) is 0.152. The summed E-state index contributed by atoms with van der Waals surface area (Å²) in [6.45, 7) is 2.06. The molecule has 1 aliphatic carbocycles. The largest absolute Gasteiger partial charge is 0.467 e. The van der Waals surface area contributed by atoms with Crippen LogP contribution in [0.25, 0.3) is 6.08 Å². The van der Waals surface area contributed by atoms with E-state index in [0.29, 0.717) is 29.9 Å². The number of nitrogens with zero attached hydrogens (tertiary/aromatic N) is 1. The van der Waals surface area contributed by atoms with Gasteiger partial charge in [0.1, 0.15) is 11.8 Å². The van der Waals surface area contributed by atoms with Crippen LogP contribution in [0.5, 0.6) is 0 Å². The highest BCUT2D eigenvalue weighted by Crippen LogP contribution is 2.47. The fourth-order valence-electron chi connectivity index (χ4n) is 5.44. The minimum absolute atomic E-state index is 0.0170. The standard InChI is InChI=1S/C33H28N2O3/c1-22-13-16-24(17-14-22)25-20-27-32(29(36)21-25)33(30-12-7-19-38-30)35(28-11-6-5-10-26(28)34-27)31(37)18-15-23-8-3-2-4-9-23/h2-19,25,33-34H,20-21H2,1H3/b18-15+/t25-,33-/m0/s1. The molecule has 0 radical (unpaired) electrons. The molecule has 5 nitrogen and oxygen atoms in total. The van der Waals surface area contributed by atoms with E-state index in [1.165, 1.54) is 5.56 Å². The van der Waals surface area contributed by atoms with Gasteiger partial charge in [-0.15, -0.1) is 0 Å². The average Bonchev–Trinajstić information content (AvgIpc) is 3.42. The molecule has 0 fully saturated rings. The first kappa shape index (κ1) is 23.7. The zero-order chi connectivity index (χ0) is 26.1. The lowest BCUT2D eigenvalue weighted by Gasteiger charge is -2.33. The van der Waals surface area contributed by atoms with Gasteiger partial charge >= 0.3 is 0 Å². The van der Waals surface area contributed by atoms with Gasteiger partial charge in [-0.3, -0.25) is 14.5 Å². The predicted octanol–water partition coefficient (Wildman–Crippen LogP) is 7.20. The molecular formula is C33H28N2O3. The zero-order valence-electron chi connectivity index (χ0n) is 21.1. The van der Waals surface area contributed by atoms with Gasteiger partial charge in [0.25, 0.3) is 5.91 Å². The van der Waals surface area contributed by atoms with Crippen LogP contribution in [0.3, 0.4) is 0 Å². The summed E-state index contributed by atoms with van der Waals surface area (Å²) in [5, 5.41) is 3.55. The molecule has 1 amide bonds. The number of nitrogens with one attached hydrogen (secondary N) is 1. The third kappa shape index (κ3) is 4.48. The molecule has 4 aromatic rings. The Labute approximate surface area is 222 Å². The van der Waals surface area contributed by atoms with Crippen LogP contribution in [-0.2, 0) is 9.59 Å². The van der Waals surface area contributed by atoms with Crippen LogP contribution >= 0.6 is 0 Å². The van der Waals surface area contributed by atoms with Gasteiger partial charge in [-0.05, 0) is 60.7 Å². The number of fused-ring (bicyclic) bond motifs is 1. The number of anilines is 2. The highest BCUT2D eigenvalue weighted by molar-refractivity contribution is 6.10. The molecule has 2 aliphatic rings. The number of benzene rings is 3. The molecule has 6 rings (SSSR count). The third-order valence-corrected chi connectivity index (χ3v) is 7.31. The molecular weight excluding hydrogens is 472 g/mol. The zero-order valence-corrected chi connectivity index (χ0v) is 21.1. The van der Waals surface area contributed by atoms with Gasteiger partial charge < -0.3 is 9.73 Å². The van der Waals surface area contributed by atoms with E-state index in [9.17, 15) is 9.59 Å². The number of furan rings is 1. The maximum Gasteiger partial charge on any atom is 0.252 e. The first-order valence-corrected chi connectivity index (χ1v) is 12.9. The Hall–Kier alpha value is -4.64. The van der Waals surface area contributed by atoms with Crippen molar-refractivity contribution in [3.05, 3.63) is 137 Å². The number of amides is 1. The molecule has 1 aromatic heterocycles. The minimum Gasteiger partial charge on any atom is -0.467 e. The summed E-state index contributed by atoms with van der Waals surface area (Å²) in [5.41, 5.74) is 6.16. The van der Waals surface area contributed by atoms with Crippen molar-refractivity contribution in [3.63, 3.8) is 0 Å². The molecule has 0 unspecified atom stereocenters. The van der Waals surface area contributed by atoms with Gasteiger partial charge in [0, 0.05) is 23.8 Å². The number of hydrogen-bond acceptors (Lipinski definition) is 4. The van der Waals surface area contributed by atoms with Crippen LogP contribution in [0.4, 0.5) is 11.4 Å². The maximum atomic E-state index is 13.9. The first-order chi connectivity index (χ1) is 18.6. The quantitative estimate of drug-likeness (QED) is 0.301. The first-order valence-electron chi connectivity index (χ1n) is 12.9. The van der Waals surface area contributed by atoms with Gasteiger partial charge in [0.05, 0.1) is 17.6 Å². The lowest BCUT2D eigenvalue weighted by molar-refractivity contribution is -0.117. The molecule has 0 spiro atoms. The molecule has 3 aromatic carbocycles. The minimum atomic E-state index is -0.685. The molecule has 188 valence electrons. The van der Waals surface area contributed by atoms with Crippen LogP contribution < -0.4 is 10.2 Å². The van der Waals surface area contributed by atoms with E-state index in [1.807, 2.05) is 60.7 Å². The van der Waals surface area contributed by atoms with Gasteiger partial charge in [-0.2, -0.15) is 0 Å². The van der Waals surface area contributed by atoms with Crippen molar-refractivity contribution in [2.45, 2.75) is 31.7 Å². The third-order valence-electron chi connectivity index (χ3n) is 7.31. The summed E-state index contributed by atoms with van der Waals surface area (Å²) in [6, 6.07) is 28.7. The second kappa shape index (κ2) is 10.0. The fourth-order valence-corrected chi connectivity index (χ4v) is 5.44. The van der Waals surface area contributed by atoms with Crippen LogP contribution in [-0.4, -0.2) is 11.7 Å². The van der Waals surface area contributed by atoms with Crippen molar-refractivity contribution < 1.29 is 14.0 Å². The van der Waals surface area contributed by atoms with E-state index in [0.717, 1.165) is 22.5 Å². The molecule has 5 heteroatoms. The topological polar surface area (TPSA) is 62.6 Å². The Balaban J connectivity index is 1.47. The van der Waals surface area contributed by atoms with E-state index in [2.05, 4.69) is 36.5 Å². The number of para-hydroxylation sites is 2. The Morgan fingerprint density at radius 2 is 1.68 bits per heavy atom. The number of aryl methyl sites for hydroxylation is 1. The van der Waals surface area contributed by atoms with E-state index in [4.69, 9.17) is 4.42 Å². The number of hydrogen-bond donors (Lipinski definition) is 1. The van der Waals surface area contributed by atoms with Gasteiger partial charge in [0.2, 0.25) is 0 Å². The molecule has 1 aliphatic heterocycles. The summed E-state index contributed by atoms with van der Waals surface area (Å²) < 4.78 is 5.88. The second-order valence-corrected chi connectivity index (χ2v) is 9.84. The van der Waals surface area contributed by atoms with Gasteiger partial charge in [0.15, 0.2) is 5.78 Å². The Kier molecular flexibility index (Phi) is 6.26. The second-order valence-electron chi connectivity index (χ2n) is 9.84. The summed E-state index contributed by atoms with van der Waals surface area (Å²) >= 11 is 0. The van der Waals surface area contributed by atoms with Gasteiger partial charge in [-0.25, -0.2) is 0 Å². The molecule has 0 saturated heterocycles. The Morgan fingerprint density at radius 3 is 2.45 bits per heavy atom. The Morgan fingerprint density at radius 1 is 0.921 bits per heavy atom. The van der Waals surface area contributed by atoms with Crippen LogP contribution in [0.2, 0.25) is 0 Å². The molecule has 38 heavy (non-hydrogen) atoms. The summed E-state index contributed by atoms with van der Waals surface area (Å²) in [4.78, 5) is 29.6. The smallest absolute Gasteiger partial charge is 0.252 e. The van der Waals surface area contributed by atoms with E-state index >= 15 is 0 Å². The summed E-state index contributed by atoms with van der Waals surface area (Å²) in [6.07, 6.45) is 5.99. The van der Waals surface area contributed by atoms with E-state index in [1.54, 1.807) is 29.4 Å². The lowest BCUT2D eigenvalue weighted by atomic mass is 9.79. The predicted molar refractivity (Wildman–Crippen MR) is 150 cm³/mol. The van der Waals surface area contributed by atoms with Crippen molar-refractivity contribution in [3.8, 4) is 0 Å². The molecule has 1 N–H and O–H groups in total. The molecule has 2 heterocycles. The van der Waals surface area contributed by atoms with Crippen molar-refractivity contribution in [2.24, 2.45) is 0 Å². The number of Topliss-reactive ketones (excluding diaryl/α,β-unsaturated/α-hetero) is 1. The van der Waals surface area contributed by atoms with Crippen LogP contribution in [0.1, 0.15) is 47.3 Å². The van der Waals surface area contributed by atoms with E-state index < -0.39 is 6.04 Å². The average molecular weight is 501 g/mol. The highest BCUT2D eigenvalue weighted by Gasteiger charge is 2.42. The Bertz CT molecular complexity index is 1530. The van der Waals surface area contributed by atoms with Crippen LogP contribution in [0.15, 0.2) is 119 Å². The number of carbonyl (C=O) groups excluding carboxylic acids is 2. The highest BCUT2D eigenvalue weighted by atomic mass is 16.3. The molecule has 2 atom stereocenters. The normalized spacial score (nSPS) is 19.1. The van der Waals surface area contributed by atoms with Gasteiger partial charge in [-0.1, -0.05) is 72.3 Å². The molecule has 0 bridgehead atoms.